The van der Waals surface area contributed by atoms with Gasteiger partial charge in [0.2, 0.25) is 5.91 Å². The number of nitriles is 1. The number of rotatable bonds is 4. The van der Waals surface area contributed by atoms with Crippen LogP contribution in [-0.2, 0) is 4.79 Å². The Bertz CT molecular complexity index is 513. The maximum Gasteiger partial charge on any atom is 0.224 e. The van der Waals surface area contributed by atoms with E-state index in [-0.39, 0.29) is 5.91 Å². The van der Waals surface area contributed by atoms with Crippen molar-refractivity contribution in [2.45, 2.75) is 44.9 Å². The number of amides is 1. The van der Waals surface area contributed by atoms with Gasteiger partial charge in [0.1, 0.15) is 0 Å². The summed E-state index contributed by atoms with van der Waals surface area (Å²) in [4.78, 5) is 11.9. The summed E-state index contributed by atoms with van der Waals surface area (Å²) in [6.45, 7) is 0. The van der Waals surface area contributed by atoms with E-state index in [1.165, 1.54) is 32.1 Å². The molecule has 1 saturated carbocycles. The Morgan fingerprint density at radius 1 is 1.35 bits per heavy atom. The van der Waals surface area contributed by atoms with Crippen molar-refractivity contribution in [2.24, 2.45) is 5.92 Å². The minimum atomic E-state index is 0.00646. The molecule has 20 heavy (non-hydrogen) atoms. The van der Waals surface area contributed by atoms with Crippen LogP contribution < -0.4 is 11.1 Å². The van der Waals surface area contributed by atoms with E-state index in [0.29, 0.717) is 29.3 Å². The molecule has 0 heterocycles. The van der Waals surface area contributed by atoms with Crippen molar-refractivity contribution >= 4 is 17.3 Å². The molecule has 0 aromatic heterocycles. The zero-order chi connectivity index (χ0) is 14.4. The van der Waals surface area contributed by atoms with Crippen LogP contribution >= 0.6 is 0 Å². The SMILES string of the molecule is N#Cc1ccc(NC(=O)CCC2CCCCC2)c(N)c1. The average Bonchev–Trinajstić information content (AvgIpc) is 2.48. The average molecular weight is 271 g/mol. The Hall–Kier alpha value is -2.02. The highest BCUT2D eigenvalue weighted by Gasteiger charge is 2.15. The summed E-state index contributed by atoms with van der Waals surface area (Å²) in [5.41, 5.74) is 7.36. The predicted molar refractivity (Wildman–Crippen MR) is 80.0 cm³/mol. The van der Waals surface area contributed by atoms with Gasteiger partial charge >= 0.3 is 0 Å². The molecule has 1 aromatic rings. The second-order valence-electron chi connectivity index (χ2n) is 5.50. The zero-order valence-corrected chi connectivity index (χ0v) is 11.7. The molecule has 106 valence electrons. The van der Waals surface area contributed by atoms with Crippen molar-refractivity contribution in [1.82, 2.24) is 0 Å². The molecule has 1 amide bonds. The first-order chi connectivity index (χ1) is 9.69. The van der Waals surface area contributed by atoms with Crippen molar-refractivity contribution in [1.29, 1.82) is 5.26 Å². The summed E-state index contributed by atoms with van der Waals surface area (Å²) in [5, 5.41) is 11.6. The van der Waals surface area contributed by atoms with Crippen molar-refractivity contribution in [3.8, 4) is 6.07 Å². The monoisotopic (exact) mass is 271 g/mol. The van der Waals surface area contributed by atoms with Crippen LogP contribution in [0.4, 0.5) is 11.4 Å². The third-order valence-electron chi connectivity index (χ3n) is 3.96. The first kappa shape index (κ1) is 14.4. The van der Waals surface area contributed by atoms with Gasteiger partial charge in [0.15, 0.2) is 0 Å². The lowest BCUT2D eigenvalue weighted by Crippen LogP contribution is -2.15. The Labute approximate surface area is 120 Å². The minimum Gasteiger partial charge on any atom is -0.397 e. The third-order valence-corrected chi connectivity index (χ3v) is 3.96. The standard InChI is InChI=1S/C16H21N3O/c17-11-13-6-8-15(14(18)10-13)19-16(20)9-7-12-4-2-1-3-5-12/h6,8,10,12H,1-5,7,9,18H2,(H,19,20). The van der Waals surface area contributed by atoms with E-state index >= 15 is 0 Å². The molecule has 1 aromatic carbocycles. The van der Waals surface area contributed by atoms with Gasteiger partial charge < -0.3 is 11.1 Å². The Kier molecular flexibility index (Phi) is 5.00. The van der Waals surface area contributed by atoms with Crippen molar-refractivity contribution < 1.29 is 4.79 Å². The minimum absolute atomic E-state index is 0.00646. The molecule has 0 radical (unpaired) electrons. The van der Waals surface area contributed by atoms with Gasteiger partial charge in [-0.3, -0.25) is 4.79 Å². The first-order valence-electron chi connectivity index (χ1n) is 7.28. The quantitative estimate of drug-likeness (QED) is 0.823. The summed E-state index contributed by atoms with van der Waals surface area (Å²) in [5.74, 6) is 0.708. The molecule has 0 bridgehead atoms. The Balaban J connectivity index is 1.83. The molecule has 3 N–H and O–H groups in total. The van der Waals surface area contributed by atoms with Crippen LogP contribution in [0.1, 0.15) is 50.5 Å². The first-order valence-corrected chi connectivity index (χ1v) is 7.28. The van der Waals surface area contributed by atoms with E-state index < -0.39 is 0 Å². The molecule has 0 unspecified atom stereocenters. The van der Waals surface area contributed by atoms with Crippen LogP contribution in [-0.4, -0.2) is 5.91 Å². The van der Waals surface area contributed by atoms with Crippen LogP contribution in [0.3, 0.4) is 0 Å². The largest absolute Gasteiger partial charge is 0.397 e. The second-order valence-corrected chi connectivity index (χ2v) is 5.50. The normalized spacial score (nSPS) is 15.6. The summed E-state index contributed by atoms with van der Waals surface area (Å²) >= 11 is 0. The molecule has 1 fully saturated rings. The van der Waals surface area contributed by atoms with Crippen molar-refractivity contribution in [3.63, 3.8) is 0 Å². The lowest BCUT2D eigenvalue weighted by Gasteiger charge is -2.21. The number of benzene rings is 1. The number of nitrogen functional groups attached to an aromatic ring is 1. The topological polar surface area (TPSA) is 78.9 Å². The van der Waals surface area contributed by atoms with Gasteiger partial charge in [-0.05, 0) is 30.5 Å². The summed E-state index contributed by atoms with van der Waals surface area (Å²) in [6, 6.07) is 6.95. The van der Waals surface area contributed by atoms with Gasteiger partial charge in [0.05, 0.1) is 23.0 Å². The van der Waals surface area contributed by atoms with Gasteiger partial charge in [0, 0.05) is 6.42 Å². The molecule has 2 rings (SSSR count). The molecule has 1 aliphatic rings. The Morgan fingerprint density at radius 3 is 2.75 bits per heavy atom. The molecule has 4 nitrogen and oxygen atoms in total. The fourth-order valence-corrected chi connectivity index (χ4v) is 2.77. The van der Waals surface area contributed by atoms with Crippen molar-refractivity contribution in [3.05, 3.63) is 23.8 Å². The number of nitrogens with one attached hydrogen (secondary N) is 1. The van der Waals surface area contributed by atoms with E-state index in [1.807, 2.05) is 6.07 Å². The van der Waals surface area contributed by atoms with Crippen LogP contribution in [0.5, 0.6) is 0 Å². The highest BCUT2D eigenvalue weighted by Crippen LogP contribution is 2.27. The highest BCUT2D eigenvalue weighted by atomic mass is 16.1. The lowest BCUT2D eigenvalue weighted by atomic mass is 9.86. The van der Waals surface area contributed by atoms with E-state index in [0.717, 1.165) is 6.42 Å². The summed E-state index contributed by atoms with van der Waals surface area (Å²) < 4.78 is 0. The van der Waals surface area contributed by atoms with Gasteiger partial charge in [-0.15, -0.1) is 0 Å². The Morgan fingerprint density at radius 2 is 2.10 bits per heavy atom. The molecule has 0 aliphatic heterocycles. The summed E-state index contributed by atoms with van der Waals surface area (Å²) in [6.07, 6.45) is 7.96. The molecule has 0 atom stereocenters. The number of carbonyl (C=O) groups is 1. The van der Waals surface area contributed by atoms with E-state index in [1.54, 1.807) is 18.2 Å². The molecule has 1 aliphatic carbocycles. The third kappa shape index (κ3) is 3.99. The molecule has 4 heteroatoms. The molecular formula is C16H21N3O. The second kappa shape index (κ2) is 6.95. The lowest BCUT2D eigenvalue weighted by molar-refractivity contribution is -0.116. The number of anilines is 2. The van der Waals surface area contributed by atoms with Crippen molar-refractivity contribution in [2.75, 3.05) is 11.1 Å². The fourth-order valence-electron chi connectivity index (χ4n) is 2.77. The van der Waals surface area contributed by atoms with E-state index in [4.69, 9.17) is 11.0 Å². The van der Waals surface area contributed by atoms with Gasteiger partial charge in [-0.2, -0.15) is 5.26 Å². The van der Waals surface area contributed by atoms with E-state index in [9.17, 15) is 4.79 Å². The fraction of sp³-hybridized carbons (Fsp3) is 0.500. The molecular weight excluding hydrogens is 250 g/mol. The van der Waals surface area contributed by atoms with Crippen LogP contribution in [0, 0.1) is 17.2 Å². The number of nitrogens with zero attached hydrogens (tertiary/aromatic N) is 1. The van der Waals surface area contributed by atoms with Crippen LogP contribution in [0.25, 0.3) is 0 Å². The molecule has 0 saturated heterocycles. The maximum absolute atomic E-state index is 11.9. The van der Waals surface area contributed by atoms with Gasteiger partial charge in [-0.25, -0.2) is 0 Å². The number of hydrogen-bond donors (Lipinski definition) is 2. The zero-order valence-electron chi connectivity index (χ0n) is 11.7. The van der Waals surface area contributed by atoms with Crippen LogP contribution in [0.2, 0.25) is 0 Å². The van der Waals surface area contributed by atoms with Gasteiger partial charge in [0.25, 0.3) is 0 Å². The van der Waals surface area contributed by atoms with Gasteiger partial charge in [-0.1, -0.05) is 32.1 Å². The van der Waals surface area contributed by atoms with E-state index in [2.05, 4.69) is 5.32 Å². The van der Waals surface area contributed by atoms with Crippen LogP contribution in [0.15, 0.2) is 18.2 Å². The highest BCUT2D eigenvalue weighted by molar-refractivity contribution is 5.93. The smallest absolute Gasteiger partial charge is 0.224 e. The predicted octanol–water partition coefficient (Wildman–Crippen LogP) is 3.44. The number of nitrogens with two attached hydrogens (primary N) is 1. The number of hydrogen-bond acceptors (Lipinski definition) is 3. The maximum atomic E-state index is 11.9. The summed E-state index contributed by atoms with van der Waals surface area (Å²) in [7, 11) is 0. The number of carbonyl (C=O) groups excluding carboxylic acids is 1. The molecule has 0 spiro atoms.